The highest BCUT2D eigenvalue weighted by Gasteiger charge is 2.06. The third-order valence-electron chi connectivity index (χ3n) is 1.92. The molecule has 76 valence electrons. The Morgan fingerprint density at radius 1 is 1.43 bits per heavy atom. The van der Waals surface area contributed by atoms with E-state index < -0.39 is 0 Å². The molecule has 0 aliphatic carbocycles. The van der Waals surface area contributed by atoms with Gasteiger partial charge < -0.3 is 4.74 Å². The van der Waals surface area contributed by atoms with Crippen molar-refractivity contribution < 1.29 is 9.53 Å². The Bertz CT molecular complexity index is 306. The topological polar surface area (TPSA) is 52.1 Å². The Morgan fingerprint density at radius 2 is 2.00 bits per heavy atom. The number of hydrogen-bond donors (Lipinski definition) is 0. The lowest BCUT2D eigenvalue weighted by atomic mass is 10.1. The first-order valence-corrected chi connectivity index (χ1v) is 4.51. The fourth-order valence-electron chi connectivity index (χ4n) is 0.955. The summed E-state index contributed by atoms with van der Waals surface area (Å²) in [5, 5.41) is 0. The molecule has 0 unspecified atom stereocenters. The van der Waals surface area contributed by atoms with Crippen LogP contribution in [0.15, 0.2) is 12.4 Å². The van der Waals surface area contributed by atoms with Gasteiger partial charge in [-0.3, -0.25) is 4.79 Å². The van der Waals surface area contributed by atoms with Crippen molar-refractivity contribution in [3.8, 4) is 0 Å². The molecule has 0 radical (unpaired) electrons. The SMILES string of the molecule is COC(=O)Cc1ncc(C(C)C)cn1. The summed E-state index contributed by atoms with van der Waals surface area (Å²) < 4.78 is 4.51. The third kappa shape index (κ3) is 2.80. The average molecular weight is 194 g/mol. The summed E-state index contributed by atoms with van der Waals surface area (Å²) in [6.07, 6.45) is 3.63. The number of esters is 1. The van der Waals surface area contributed by atoms with E-state index >= 15 is 0 Å². The van der Waals surface area contributed by atoms with E-state index in [9.17, 15) is 4.79 Å². The van der Waals surface area contributed by atoms with E-state index in [1.807, 2.05) is 0 Å². The van der Waals surface area contributed by atoms with Crippen LogP contribution in [0.3, 0.4) is 0 Å². The summed E-state index contributed by atoms with van der Waals surface area (Å²) in [6.45, 7) is 4.14. The molecule has 1 heterocycles. The first kappa shape index (κ1) is 10.6. The van der Waals surface area contributed by atoms with Gasteiger partial charge in [-0.1, -0.05) is 13.8 Å². The van der Waals surface area contributed by atoms with Crippen LogP contribution in [0.1, 0.15) is 31.2 Å². The number of carbonyl (C=O) groups excluding carboxylic acids is 1. The Labute approximate surface area is 83.3 Å². The largest absolute Gasteiger partial charge is 0.469 e. The van der Waals surface area contributed by atoms with Gasteiger partial charge in [0.05, 0.1) is 7.11 Å². The Morgan fingerprint density at radius 3 is 2.43 bits per heavy atom. The van der Waals surface area contributed by atoms with Crippen molar-refractivity contribution in [3.05, 3.63) is 23.8 Å². The first-order chi connectivity index (χ1) is 6.63. The van der Waals surface area contributed by atoms with Crippen molar-refractivity contribution >= 4 is 5.97 Å². The maximum atomic E-state index is 10.9. The summed E-state index contributed by atoms with van der Waals surface area (Å²) in [4.78, 5) is 19.0. The number of hydrogen-bond acceptors (Lipinski definition) is 4. The predicted octanol–water partition coefficient (Wildman–Crippen LogP) is 1.32. The quantitative estimate of drug-likeness (QED) is 0.681. The molecular formula is C10H14N2O2. The minimum absolute atomic E-state index is 0.134. The summed E-state index contributed by atoms with van der Waals surface area (Å²) in [7, 11) is 1.35. The minimum atomic E-state index is -0.317. The van der Waals surface area contributed by atoms with Crippen LogP contribution in [0.2, 0.25) is 0 Å². The normalized spacial score (nSPS) is 10.3. The number of ether oxygens (including phenoxy) is 1. The number of nitrogens with zero attached hydrogens (tertiary/aromatic N) is 2. The van der Waals surface area contributed by atoms with Crippen LogP contribution in [0.5, 0.6) is 0 Å². The lowest BCUT2D eigenvalue weighted by molar-refractivity contribution is -0.139. The predicted molar refractivity (Wildman–Crippen MR) is 51.8 cm³/mol. The molecule has 0 saturated carbocycles. The lowest BCUT2D eigenvalue weighted by Crippen LogP contribution is -2.08. The molecule has 0 saturated heterocycles. The van der Waals surface area contributed by atoms with Crippen molar-refractivity contribution in [1.82, 2.24) is 9.97 Å². The highest BCUT2D eigenvalue weighted by atomic mass is 16.5. The lowest BCUT2D eigenvalue weighted by Gasteiger charge is -2.04. The highest BCUT2D eigenvalue weighted by Crippen LogP contribution is 2.10. The Kier molecular flexibility index (Phi) is 3.56. The van der Waals surface area contributed by atoms with Gasteiger partial charge >= 0.3 is 5.97 Å². The smallest absolute Gasteiger partial charge is 0.313 e. The molecule has 0 aliphatic heterocycles. The molecule has 0 amide bonds. The molecule has 0 bridgehead atoms. The van der Waals surface area contributed by atoms with Crippen molar-refractivity contribution in [1.29, 1.82) is 0 Å². The van der Waals surface area contributed by atoms with Gasteiger partial charge in [-0.25, -0.2) is 9.97 Å². The standard InChI is InChI=1S/C10H14N2O2/c1-7(2)8-5-11-9(12-6-8)4-10(13)14-3/h5-7H,4H2,1-3H3. The van der Waals surface area contributed by atoms with Crippen LogP contribution in [-0.4, -0.2) is 23.0 Å². The molecule has 0 fully saturated rings. The molecule has 1 aromatic rings. The average Bonchev–Trinajstić information content (AvgIpc) is 2.18. The van der Waals surface area contributed by atoms with Gasteiger partial charge in [0.2, 0.25) is 0 Å². The Hall–Kier alpha value is -1.45. The van der Waals surface area contributed by atoms with Gasteiger partial charge in [0.1, 0.15) is 12.2 Å². The highest BCUT2D eigenvalue weighted by molar-refractivity contribution is 5.71. The second-order valence-corrected chi connectivity index (χ2v) is 3.34. The third-order valence-corrected chi connectivity index (χ3v) is 1.92. The van der Waals surface area contributed by atoms with Crippen molar-refractivity contribution in [2.45, 2.75) is 26.2 Å². The van der Waals surface area contributed by atoms with E-state index in [-0.39, 0.29) is 12.4 Å². The van der Waals surface area contributed by atoms with Gasteiger partial charge in [0.15, 0.2) is 0 Å². The van der Waals surface area contributed by atoms with Crippen molar-refractivity contribution in [2.24, 2.45) is 0 Å². The van der Waals surface area contributed by atoms with Gasteiger partial charge in [0, 0.05) is 12.4 Å². The van der Waals surface area contributed by atoms with Crippen molar-refractivity contribution in [2.75, 3.05) is 7.11 Å². The monoisotopic (exact) mass is 194 g/mol. The second-order valence-electron chi connectivity index (χ2n) is 3.34. The molecular weight excluding hydrogens is 180 g/mol. The fraction of sp³-hybridized carbons (Fsp3) is 0.500. The molecule has 0 aromatic carbocycles. The first-order valence-electron chi connectivity index (χ1n) is 4.51. The van der Waals surface area contributed by atoms with E-state index in [0.29, 0.717) is 11.7 Å². The van der Waals surface area contributed by atoms with Gasteiger partial charge in [-0.2, -0.15) is 0 Å². The Balaban J connectivity index is 2.69. The van der Waals surface area contributed by atoms with E-state index in [1.165, 1.54) is 7.11 Å². The fourth-order valence-corrected chi connectivity index (χ4v) is 0.955. The molecule has 4 nitrogen and oxygen atoms in total. The van der Waals surface area contributed by atoms with E-state index in [1.54, 1.807) is 12.4 Å². The van der Waals surface area contributed by atoms with Crippen LogP contribution in [0.25, 0.3) is 0 Å². The minimum Gasteiger partial charge on any atom is -0.469 e. The summed E-state index contributed by atoms with van der Waals surface area (Å²) in [6, 6.07) is 0. The van der Waals surface area contributed by atoms with Crippen LogP contribution < -0.4 is 0 Å². The molecule has 4 heteroatoms. The van der Waals surface area contributed by atoms with Crippen molar-refractivity contribution in [3.63, 3.8) is 0 Å². The number of carbonyl (C=O) groups is 1. The summed E-state index contributed by atoms with van der Waals surface area (Å²) >= 11 is 0. The van der Waals surface area contributed by atoms with Gasteiger partial charge in [0.25, 0.3) is 0 Å². The molecule has 0 atom stereocenters. The molecule has 14 heavy (non-hydrogen) atoms. The van der Waals surface area contributed by atoms with E-state index in [2.05, 4.69) is 28.6 Å². The molecule has 1 rings (SSSR count). The zero-order chi connectivity index (χ0) is 10.6. The molecule has 0 spiro atoms. The maximum Gasteiger partial charge on any atom is 0.313 e. The van der Waals surface area contributed by atoms with E-state index in [4.69, 9.17) is 0 Å². The van der Waals surface area contributed by atoms with Crippen LogP contribution in [0, 0.1) is 0 Å². The summed E-state index contributed by atoms with van der Waals surface area (Å²) in [5.41, 5.74) is 1.07. The zero-order valence-electron chi connectivity index (χ0n) is 8.65. The van der Waals surface area contributed by atoms with Gasteiger partial charge in [-0.05, 0) is 11.5 Å². The number of aromatic nitrogens is 2. The summed E-state index contributed by atoms with van der Waals surface area (Å²) in [5.74, 6) is 0.589. The second kappa shape index (κ2) is 4.69. The zero-order valence-corrected chi connectivity index (χ0v) is 8.65. The molecule has 0 aliphatic rings. The number of methoxy groups -OCH3 is 1. The molecule has 1 aromatic heterocycles. The van der Waals surface area contributed by atoms with Crippen LogP contribution >= 0.6 is 0 Å². The van der Waals surface area contributed by atoms with E-state index in [0.717, 1.165) is 5.56 Å². The van der Waals surface area contributed by atoms with Crippen LogP contribution in [0.4, 0.5) is 0 Å². The maximum absolute atomic E-state index is 10.9. The molecule has 0 N–H and O–H groups in total. The van der Waals surface area contributed by atoms with Gasteiger partial charge in [-0.15, -0.1) is 0 Å². The number of rotatable bonds is 3. The van der Waals surface area contributed by atoms with Crippen LogP contribution in [-0.2, 0) is 16.0 Å².